The second kappa shape index (κ2) is 7.76. The fourth-order valence-electron chi connectivity index (χ4n) is 1.75. The zero-order valence-electron chi connectivity index (χ0n) is 11.2. The van der Waals surface area contributed by atoms with Crippen LogP contribution in [0.25, 0.3) is 0 Å². The van der Waals surface area contributed by atoms with Crippen LogP contribution in [0.4, 0.5) is 4.39 Å². The van der Waals surface area contributed by atoms with Crippen molar-refractivity contribution < 1.29 is 4.39 Å². The van der Waals surface area contributed by atoms with Gasteiger partial charge in [0.2, 0.25) is 0 Å². The largest absolute Gasteiger partial charge is 0.313 e. The van der Waals surface area contributed by atoms with Crippen molar-refractivity contribution in [3.63, 3.8) is 0 Å². The summed E-state index contributed by atoms with van der Waals surface area (Å²) >= 11 is 4.91. The molecule has 0 saturated heterocycles. The van der Waals surface area contributed by atoms with E-state index >= 15 is 0 Å². The van der Waals surface area contributed by atoms with Gasteiger partial charge in [-0.25, -0.2) is 9.37 Å². The van der Waals surface area contributed by atoms with Crippen molar-refractivity contribution in [1.82, 2.24) is 10.3 Å². The maximum Gasteiger partial charge on any atom is 0.124 e. The summed E-state index contributed by atoms with van der Waals surface area (Å²) in [6.45, 7) is 3.73. The molecular weight excluding hydrogens is 339 g/mol. The Labute approximate surface area is 131 Å². The van der Waals surface area contributed by atoms with E-state index in [9.17, 15) is 4.39 Å². The van der Waals surface area contributed by atoms with E-state index < -0.39 is 0 Å². The lowest BCUT2D eigenvalue weighted by atomic mass is 10.2. The van der Waals surface area contributed by atoms with Crippen LogP contribution in [0.15, 0.2) is 50.9 Å². The van der Waals surface area contributed by atoms with Gasteiger partial charge in [-0.15, -0.1) is 0 Å². The third kappa shape index (κ3) is 4.58. The van der Waals surface area contributed by atoms with Gasteiger partial charge in [-0.2, -0.15) is 0 Å². The van der Waals surface area contributed by atoms with Gasteiger partial charge in [-0.1, -0.05) is 18.7 Å². The minimum atomic E-state index is -0.213. The molecule has 0 spiro atoms. The maximum atomic E-state index is 13.7. The first-order chi connectivity index (χ1) is 9.69. The topological polar surface area (TPSA) is 24.9 Å². The van der Waals surface area contributed by atoms with E-state index in [1.807, 2.05) is 18.2 Å². The molecule has 2 nitrogen and oxygen atoms in total. The zero-order valence-corrected chi connectivity index (χ0v) is 13.6. The standard InChI is InChI=1S/C15H16BrFN2S/c1-2-5-18-10-11-7-12(17)9-13(8-11)20-15-14(16)4-3-6-19-15/h3-4,6-9,18H,2,5,10H2,1H3. The summed E-state index contributed by atoms with van der Waals surface area (Å²) in [7, 11) is 0. The van der Waals surface area contributed by atoms with E-state index in [4.69, 9.17) is 0 Å². The Bertz CT molecular complexity index is 578. The van der Waals surface area contributed by atoms with E-state index in [2.05, 4.69) is 33.2 Å². The van der Waals surface area contributed by atoms with E-state index in [0.717, 1.165) is 32.9 Å². The summed E-state index contributed by atoms with van der Waals surface area (Å²) in [5, 5.41) is 4.12. The van der Waals surface area contributed by atoms with Crippen LogP contribution in [0.2, 0.25) is 0 Å². The molecular formula is C15H16BrFN2S. The predicted molar refractivity (Wildman–Crippen MR) is 84.5 cm³/mol. The molecule has 106 valence electrons. The highest BCUT2D eigenvalue weighted by Crippen LogP contribution is 2.32. The monoisotopic (exact) mass is 354 g/mol. The third-order valence-corrected chi connectivity index (χ3v) is 4.52. The average Bonchev–Trinajstić information content (AvgIpc) is 2.41. The molecule has 20 heavy (non-hydrogen) atoms. The number of benzene rings is 1. The minimum Gasteiger partial charge on any atom is -0.313 e. The second-order valence-electron chi connectivity index (χ2n) is 4.36. The van der Waals surface area contributed by atoms with Gasteiger partial charge in [0.25, 0.3) is 0 Å². The van der Waals surface area contributed by atoms with Crippen LogP contribution >= 0.6 is 27.7 Å². The molecule has 1 N–H and O–H groups in total. The zero-order chi connectivity index (χ0) is 14.4. The summed E-state index contributed by atoms with van der Waals surface area (Å²) in [6.07, 6.45) is 2.80. The van der Waals surface area contributed by atoms with Crippen LogP contribution in [0.1, 0.15) is 18.9 Å². The van der Waals surface area contributed by atoms with Crippen molar-refractivity contribution in [2.75, 3.05) is 6.54 Å². The predicted octanol–water partition coefficient (Wildman–Crippen LogP) is 4.63. The maximum absolute atomic E-state index is 13.7. The number of nitrogens with one attached hydrogen (secondary N) is 1. The van der Waals surface area contributed by atoms with Gasteiger partial charge in [0.1, 0.15) is 10.8 Å². The molecule has 2 aromatic rings. The highest BCUT2D eigenvalue weighted by atomic mass is 79.9. The number of pyridine rings is 1. The van der Waals surface area contributed by atoms with Gasteiger partial charge in [0.15, 0.2) is 0 Å². The van der Waals surface area contributed by atoms with Gasteiger partial charge in [0, 0.05) is 17.6 Å². The number of nitrogens with zero attached hydrogens (tertiary/aromatic N) is 1. The Morgan fingerprint density at radius 2 is 2.20 bits per heavy atom. The first-order valence-electron chi connectivity index (χ1n) is 6.47. The Morgan fingerprint density at radius 1 is 1.35 bits per heavy atom. The highest BCUT2D eigenvalue weighted by molar-refractivity contribution is 9.10. The number of hydrogen-bond acceptors (Lipinski definition) is 3. The summed E-state index contributed by atoms with van der Waals surface area (Å²) in [6, 6.07) is 8.89. The van der Waals surface area contributed by atoms with Crippen LogP contribution in [-0.2, 0) is 6.54 Å². The lowest BCUT2D eigenvalue weighted by Crippen LogP contribution is -2.13. The molecule has 5 heteroatoms. The number of hydrogen-bond donors (Lipinski definition) is 1. The molecule has 0 radical (unpaired) electrons. The molecule has 0 atom stereocenters. The molecule has 0 unspecified atom stereocenters. The minimum absolute atomic E-state index is 0.213. The molecule has 0 aliphatic heterocycles. The number of halogens is 2. The van der Waals surface area contributed by atoms with E-state index in [-0.39, 0.29) is 5.82 Å². The third-order valence-electron chi connectivity index (χ3n) is 2.63. The van der Waals surface area contributed by atoms with E-state index in [1.54, 1.807) is 12.3 Å². The van der Waals surface area contributed by atoms with Crippen molar-refractivity contribution in [3.8, 4) is 0 Å². The quantitative estimate of drug-likeness (QED) is 0.765. The fourth-order valence-corrected chi connectivity index (χ4v) is 3.13. The lowest BCUT2D eigenvalue weighted by Gasteiger charge is -2.07. The van der Waals surface area contributed by atoms with Gasteiger partial charge in [0.05, 0.1) is 4.47 Å². The Morgan fingerprint density at radius 3 is 2.95 bits per heavy atom. The Hall–Kier alpha value is -0.910. The molecule has 1 heterocycles. The average molecular weight is 355 g/mol. The van der Waals surface area contributed by atoms with Crippen molar-refractivity contribution in [2.45, 2.75) is 29.8 Å². The van der Waals surface area contributed by atoms with Gasteiger partial charge in [-0.3, -0.25) is 0 Å². The van der Waals surface area contributed by atoms with Crippen LogP contribution in [0.3, 0.4) is 0 Å². The normalized spacial score (nSPS) is 10.8. The smallest absolute Gasteiger partial charge is 0.124 e. The summed E-state index contributed by atoms with van der Waals surface area (Å²) in [5.74, 6) is -0.213. The molecule has 2 rings (SSSR count). The molecule has 0 saturated carbocycles. The van der Waals surface area contributed by atoms with Crippen molar-refractivity contribution >= 4 is 27.7 Å². The Balaban J connectivity index is 2.13. The molecule has 1 aromatic carbocycles. The number of aromatic nitrogens is 1. The van der Waals surface area contributed by atoms with E-state index in [1.165, 1.54) is 17.8 Å². The fraction of sp³-hybridized carbons (Fsp3) is 0.267. The van der Waals surface area contributed by atoms with Gasteiger partial charge >= 0.3 is 0 Å². The van der Waals surface area contributed by atoms with E-state index in [0.29, 0.717) is 6.54 Å². The van der Waals surface area contributed by atoms with Crippen LogP contribution < -0.4 is 5.32 Å². The number of rotatable bonds is 6. The van der Waals surface area contributed by atoms with Crippen molar-refractivity contribution in [3.05, 3.63) is 52.4 Å². The molecule has 0 amide bonds. The Kier molecular flexibility index (Phi) is 6.01. The SMILES string of the molecule is CCCNCc1cc(F)cc(Sc2ncccc2Br)c1. The first kappa shape index (κ1) is 15.5. The molecule has 0 aliphatic carbocycles. The highest BCUT2D eigenvalue weighted by Gasteiger charge is 2.06. The molecule has 0 fully saturated rings. The lowest BCUT2D eigenvalue weighted by molar-refractivity contribution is 0.615. The van der Waals surface area contributed by atoms with Crippen LogP contribution in [-0.4, -0.2) is 11.5 Å². The van der Waals surface area contributed by atoms with Crippen molar-refractivity contribution in [2.24, 2.45) is 0 Å². The van der Waals surface area contributed by atoms with Crippen LogP contribution in [0.5, 0.6) is 0 Å². The molecule has 0 aliphatic rings. The van der Waals surface area contributed by atoms with Gasteiger partial charge < -0.3 is 5.32 Å². The first-order valence-corrected chi connectivity index (χ1v) is 8.08. The summed E-state index contributed by atoms with van der Waals surface area (Å²) in [4.78, 5) is 5.15. The van der Waals surface area contributed by atoms with Crippen molar-refractivity contribution in [1.29, 1.82) is 0 Å². The second-order valence-corrected chi connectivity index (χ2v) is 6.28. The van der Waals surface area contributed by atoms with Crippen LogP contribution in [0, 0.1) is 5.82 Å². The molecule has 1 aromatic heterocycles. The summed E-state index contributed by atoms with van der Waals surface area (Å²) < 4.78 is 14.6. The molecule has 0 bridgehead atoms. The van der Waals surface area contributed by atoms with Gasteiger partial charge in [-0.05, 0) is 64.8 Å². The summed E-state index contributed by atoms with van der Waals surface area (Å²) in [5.41, 5.74) is 0.952.